The number of halogens is 1. The number of carbonyl (C=O) groups is 1. The van der Waals surface area contributed by atoms with E-state index in [1.165, 1.54) is 0 Å². The van der Waals surface area contributed by atoms with E-state index in [2.05, 4.69) is 5.32 Å². The Bertz CT molecular complexity index is 365. The van der Waals surface area contributed by atoms with Gasteiger partial charge in [0, 0.05) is 5.88 Å². The Labute approximate surface area is 87.0 Å². The highest BCUT2D eigenvalue weighted by Gasteiger charge is 2.13. The predicted octanol–water partition coefficient (Wildman–Crippen LogP) is 2.15. The van der Waals surface area contributed by atoms with Crippen molar-refractivity contribution in [3.8, 4) is 5.75 Å². The van der Waals surface area contributed by atoms with Gasteiger partial charge in [-0.3, -0.25) is 4.79 Å². The predicted molar refractivity (Wildman–Crippen MR) is 54.7 cm³/mol. The Morgan fingerprint density at radius 1 is 1.50 bits per heavy atom. The van der Waals surface area contributed by atoms with Crippen LogP contribution in [-0.2, 0) is 10.7 Å². The van der Waals surface area contributed by atoms with Crippen LogP contribution in [0.5, 0.6) is 5.75 Å². The largest absolute Gasteiger partial charge is 0.491 e. The van der Waals surface area contributed by atoms with Crippen LogP contribution in [-0.4, -0.2) is 12.5 Å². The highest BCUT2D eigenvalue weighted by molar-refractivity contribution is 6.17. The summed E-state index contributed by atoms with van der Waals surface area (Å²) in [6.45, 7) is 0.430. The molecule has 0 aliphatic carbocycles. The first-order valence-corrected chi connectivity index (χ1v) is 4.94. The van der Waals surface area contributed by atoms with Crippen molar-refractivity contribution in [1.82, 2.24) is 0 Å². The van der Waals surface area contributed by atoms with Crippen LogP contribution >= 0.6 is 11.6 Å². The van der Waals surface area contributed by atoms with Gasteiger partial charge in [-0.05, 0) is 17.7 Å². The van der Waals surface area contributed by atoms with Crippen LogP contribution in [0.2, 0.25) is 0 Å². The molecule has 1 aromatic carbocycles. The zero-order valence-electron chi connectivity index (χ0n) is 7.55. The van der Waals surface area contributed by atoms with E-state index in [1.54, 1.807) is 0 Å². The third-order valence-electron chi connectivity index (χ3n) is 2.06. The fraction of sp³-hybridized carbons (Fsp3) is 0.300. The summed E-state index contributed by atoms with van der Waals surface area (Å²) >= 11 is 5.69. The minimum atomic E-state index is -0.0181. The first-order valence-electron chi connectivity index (χ1n) is 4.41. The Hall–Kier alpha value is -1.22. The molecule has 3 nitrogen and oxygen atoms in total. The second kappa shape index (κ2) is 3.88. The fourth-order valence-electron chi connectivity index (χ4n) is 1.35. The second-order valence-corrected chi connectivity index (χ2v) is 3.38. The molecule has 2 rings (SSSR count). The maximum Gasteiger partial charge on any atom is 0.227 e. The maximum atomic E-state index is 11.2. The molecule has 1 aromatic rings. The first-order chi connectivity index (χ1) is 6.79. The average Bonchev–Trinajstić information content (AvgIpc) is 2.37. The minimum Gasteiger partial charge on any atom is -0.491 e. The first kappa shape index (κ1) is 9.34. The molecule has 0 unspecified atom stereocenters. The SMILES string of the molecule is O=C1CCOc2ccc(CCl)cc2N1. The van der Waals surface area contributed by atoms with E-state index in [-0.39, 0.29) is 5.91 Å². The molecule has 4 heteroatoms. The van der Waals surface area contributed by atoms with Crippen molar-refractivity contribution in [2.75, 3.05) is 11.9 Å². The van der Waals surface area contributed by atoms with Crippen molar-refractivity contribution in [3.63, 3.8) is 0 Å². The summed E-state index contributed by atoms with van der Waals surface area (Å²) < 4.78 is 5.39. The molecule has 0 bridgehead atoms. The maximum absolute atomic E-state index is 11.2. The van der Waals surface area contributed by atoms with E-state index in [0.29, 0.717) is 30.3 Å². The zero-order valence-corrected chi connectivity index (χ0v) is 8.30. The third kappa shape index (κ3) is 1.82. The molecule has 0 fully saturated rings. The molecule has 1 N–H and O–H groups in total. The van der Waals surface area contributed by atoms with Gasteiger partial charge in [-0.2, -0.15) is 0 Å². The summed E-state index contributed by atoms with van der Waals surface area (Å²) in [5, 5.41) is 2.77. The number of carbonyl (C=O) groups excluding carboxylic acids is 1. The normalized spacial score (nSPS) is 15.1. The van der Waals surface area contributed by atoms with Crippen molar-refractivity contribution in [2.45, 2.75) is 12.3 Å². The lowest BCUT2D eigenvalue weighted by Gasteiger charge is -2.07. The van der Waals surface area contributed by atoms with Gasteiger partial charge in [-0.15, -0.1) is 11.6 Å². The number of rotatable bonds is 1. The van der Waals surface area contributed by atoms with Crippen LogP contribution in [0.4, 0.5) is 5.69 Å². The number of anilines is 1. The van der Waals surface area contributed by atoms with Gasteiger partial charge in [0.05, 0.1) is 18.7 Å². The van der Waals surface area contributed by atoms with Crippen molar-refractivity contribution in [1.29, 1.82) is 0 Å². The Morgan fingerprint density at radius 2 is 2.36 bits per heavy atom. The quantitative estimate of drug-likeness (QED) is 0.723. The topological polar surface area (TPSA) is 38.3 Å². The molecule has 1 heterocycles. The standard InChI is InChI=1S/C10H10ClNO2/c11-6-7-1-2-9-8(5-7)12-10(13)3-4-14-9/h1-2,5H,3-4,6H2,(H,12,13). The molecule has 14 heavy (non-hydrogen) atoms. The highest BCUT2D eigenvalue weighted by atomic mass is 35.5. The van der Waals surface area contributed by atoms with E-state index in [9.17, 15) is 4.79 Å². The summed E-state index contributed by atoms with van der Waals surface area (Å²) in [6, 6.07) is 5.56. The molecule has 0 saturated carbocycles. The van der Waals surface area contributed by atoms with Crippen molar-refractivity contribution in [3.05, 3.63) is 23.8 Å². The summed E-state index contributed by atoms with van der Waals surface area (Å²) in [5.41, 5.74) is 1.68. The second-order valence-electron chi connectivity index (χ2n) is 3.11. The number of alkyl halides is 1. The smallest absolute Gasteiger partial charge is 0.227 e. The number of amides is 1. The summed E-state index contributed by atoms with van der Waals surface area (Å²) in [5.74, 6) is 1.13. The molecule has 0 radical (unpaired) electrons. The minimum absolute atomic E-state index is 0.0181. The molecule has 1 aliphatic rings. The van der Waals surface area contributed by atoms with E-state index in [4.69, 9.17) is 16.3 Å². The van der Waals surface area contributed by atoms with Gasteiger partial charge < -0.3 is 10.1 Å². The number of hydrogen-bond acceptors (Lipinski definition) is 2. The number of hydrogen-bond donors (Lipinski definition) is 1. The van der Waals surface area contributed by atoms with Crippen LogP contribution in [0.3, 0.4) is 0 Å². The molecule has 1 amide bonds. The van der Waals surface area contributed by atoms with Gasteiger partial charge in [0.2, 0.25) is 5.91 Å². The van der Waals surface area contributed by atoms with Crippen LogP contribution in [0.15, 0.2) is 18.2 Å². The van der Waals surface area contributed by atoms with Gasteiger partial charge in [-0.25, -0.2) is 0 Å². The highest BCUT2D eigenvalue weighted by Crippen LogP contribution is 2.28. The molecular formula is C10H10ClNO2. The summed E-state index contributed by atoms with van der Waals surface area (Å²) in [4.78, 5) is 11.2. The Kier molecular flexibility index (Phi) is 2.59. The third-order valence-corrected chi connectivity index (χ3v) is 2.37. The number of ether oxygens (including phenoxy) is 1. The lowest BCUT2D eigenvalue weighted by Crippen LogP contribution is -2.10. The van der Waals surface area contributed by atoms with Crippen LogP contribution in [0.1, 0.15) is 12.0 Å². The molecule has 1 aliphatic heterocycles. The molecule has 0 saturated heterocycles. The molecule has 74 valence electrons. The average molecular weight is 212 g/mol. The molecule has 0 atom stereocenters. The van der Waals surface area contributed by atoms with Crippen molar-refractivity contribution >= 4 is 23.2 Å². The Morgan fingerprint density at radius 3 is 3.14 bits per heavy atom. The summed E-state index contributed by atoms with van der Waals surface area (Å²) in [7, 11) is 0. The van der Waals surface area contributed by atoms with E-state index >= 15 is 0 Å². The van der Waals surface area contributed by atoms with Gasteiger partial charge in [0.15, 0.2) is 0 Å². The van der Waals surface area contributed by atoms with Crippen LogP contribution in [0.25, 0.3) is 0 Å². The lowest BCUT2D eigenvalue weighted by atomic mass is 10.2. The van der Waals surface area contributed by atoms with Gasteiger partial charge in [-0.1, -0.05) is 6.07 Å². The molecule has 0 aromatic heterocycles. The van der Waals surface area contributed by atoms with Crippen molar-refractivity contribution in [2.24, 2.45) is 0 Å². The molecular weight excluding hydrogens is 202 g/mol. The summed E-state index contributed by atoms with van der Waals surface area (Å²) in [6.07, 6.45) is 0.394. The number of benzene rings is 1. The van der Waals surface area contributed by atoms with Crippen molar-refractivity contribution < 1.29 is 9.53 Å². The van der Waals surface area contributed by atoms with E-state index < -0.39 is 0 Å². The number of fused-ring (bicyclic) bond motifs is 1. The lowest BCUT2D eigenvalue weighted by molar-refractivity contribution is -0.116. The number of nitrogens with one attached hydrogen (secondary N) is 1. The van der Waals surface area contributed by atoms with E-state index in [1.807, 2.05) is 18.2 Å². The van der Waals surface area contributed by atoms with Gasteiger partial charge in [0.25, 0.3) is 0 Å². The zero-order chi connectivity index (χ0) is 9.97. The molecule has 0 spiro atoms. The fourth-order valence-corrected chi connectivity index (χ4v) is 1.52. The van der Waals surface area contributed by atoms with Gasteiger partial charge >= 0.3 is 0 Å². The Balaban J connectivity index is 2.36. The van der Waals surface area contributed by atoms with Gasteiger partial charge in [0.1, 0.15) is 5.75 Å². The van der Waals surface area contributed by atoms with E-state index in [0.717, 1.165) is 5.56 Å². The monoisotopic (exact) mass is 211 g/mol. The van der Waals surface area contributed by atoms with Crippen LogP contribution in [0, 0.1) is 0 Å². The van der Waals surface area contributed by atoms with Crippen LogP contribution < -0.4 is 10.1 Å².